The number of methoxy groups -OCH3 is 1. The van der Waals surface area contributed by atoms with E-state index in [4.69, 9.17) is 4.74 Å². The van der Waals surface area contributed by atoms with E-state index in [1.807, 2.05) is 0 Å². The summed E-state index contributed by atoms with van der Waals surface area (Å²) < 4.78 is 4.92. The number of ether oxygens (including phenoxy) is 1. The van der Waals surface area contributed by atoms with E-state index in [-0.39, 0.29) is 11.9 Å². The molecular formula is C16H30O3. The molecule has 0 spiro atoms. The molecule has 0 aromatic heterocycles. The van der Waals surface area contributed by atoms with Gasteiger partial charge in [0.05, 0.1) is 18.6 Å². The van der Waals surface area contributed by atoms with E-state index in [1.54, 1.807) is 0 Å². The van der Waals surface area contributed by atoms with Crippen LogP contribution in [0, 0.1) is 17.8 Å². The summed E-state index contributed by atoms with van der Waals surface area (Å²) in [5.74, 6) is 0.503. The van der Waals surface area contributed by atoms with Gasteiger partial charge in [0.25, 0.3) is 0 Å². The average Bonchev–Trinajstić information content (AvgIpc) is 2.38. The highest BCUT2D eigenvalue weighted by molar-refractivity contribution is 5.73. The number of carbonyl (C=O) groups is 1. The molecule has 0 aliphatic heterocycles. The lowest BCUT2D eigenvalue weighted by atomic mass is 9.67. The third-order valence-corrected chi connectivity index (χ3v) is 4.72. The van der Waals surface area contributed by atoms with Crippen LogP contribution in [-0.4, -0.2) is 23.8 Å². The number of esters is 1. The van der Waals surface area contributed by atoms with Crippen LogP contribution in [0.2, 0.25) is 0 Å². The Bertz CT molecular complexity index is 288. The van der Waals surface area contributed by atoms with Gasteiger partial charge < -0.3 is 9.84 Å². The lowest BCUT2D eigenvalue weighted by molar-refractivity contribution is -0.161. The van der Waals surface area contributed by atoms with E-state index in [0.29, 0.717) is 11.8 Å². The van der Waals surface area contributed by atoms with Crippen molar-refractivity contribution in [2.75, 3.05) is 7.11 Å². The van der Waals surface area contributed by atoms with E-state index < -0.39 is 5.60 Å². The van der Waals surface area contributed by atoms with Crippen molar-refractivity contribution in [3.63, 3.8) is 0 Å². The molecule has 1 rings (SSSR count). The molecule has 0 aromatic carbocycles. The molecule has 19 heavy (non-hydrogen) atoms. The minimum absolute atomic E-state index is 0.236. The highest BCUT2D eigenvalue weighted by Gasteiger charge is 2.45. The molecule has 1 saturated carbocycles. The second kappa shape index (κ2) is 7.28. The molecule has 112 valence electrons. The molecule has 0 amide bonds. The van der Waals surface area contributed by atoms with E-state index in [2.05, 4.69) is 20.8 Å². The SMILES string of the molecule is CCCCC(C(=O)OC)C1(O)CCCC(C(C)C)C1. The summed E-state index contributed by atoms with van der Waals surface area (Å²) in [5, 5.41) is 11.0. The molecule has 3 unspecified atom stereocenters. The van der Waals surface area contributed by atoms with Crippen molar-refractivity contribution in [2.24, 2.45) is 17.8 Å². The molecule has 1 aliphatic carbocycles. The Morgan fingerprint density at radius 3 is 2.68 bits per heavy atom. The molecule has 1 fully saturated rings. The van der Waals surface area contributed by atoms with Crippen molar-refractivity contribution in [1.29, 1.82) is 0 Å². The predicted molar refractivity (Wildman–Crippen MR) is 76.8 cm³/mol. The van der Waals surface area contributed by atoms with Gasteiger partial charge in [0.15, 0.2) is 0 Å². The van der Waals surface area contributed by atoms with Gasteiger partial charge in [-0.15, -0.1) is 0 Å². The van der Waals surface area contributed by atoms with Gasteiger partial charge in [0.2, 0.25) is 0 Å². The highest BCUT2D eigenvalue weighted by Crippen LogP contribution is 2.42. The lowest BCUT2D eigenvalue weighted by Crippen LogP contribution is -2.47. The summed E-state index contributed by atoms with van der Waals surface area (Å²) in [5.41, 5.74) is -0.852. The first-order chi connectivity index (χ1) is 8.94. The molecule has 0 heterocycles. The first-order valence-corrected chi connectivity index (χ1v) is 7.74. The third-order valence-electron chi connectivity index (χ3n) is 4.72. The Hall–Kier alpha value is -0.570. The van der Waals surface area contributed by atoms with Gasteiger partial charge in [-0.05, 0) is 37.5 Å². The Labute approximate surface area is 117 Å². The first-order valence-electron chi connectivity index (χ1n) is 7.74. The van der Waals surface area contributed by atoms with Crippen molar-refractivity contribution in [3.05, 3.63) is 0 Å². The van der Waals surface area contributed by atoms with Crippen LogP contribution < -0.4 is 0 Å². The lowest BCUT2D eigenvalue weighted by Gasteiger charge is -2.42. The number of aliphatic hydroxyl groups is 1. The maximum Gasteiger partial charge on any atom is 0.311 e. The Kier molecular flexibility index (Phi) is 6.31. The maximum absolute atomic E-state index is 12.0. The average molecular weight is 270 g/mol. The molecule has 0 aromatic rings. The second-order valence-corrected chi connectivity index (χ2v) is 6.42. The number of unbranched alkanes of at least 4 members (excludes halogenated alkanes) is 1. The fourth-order valence-electron chi connectivity index (χ4n) is 3.37. The van der Waals surface area contributed by atoms with Gasteiger partial charge in [0.1, 0.15) is 0 Å². The minimum Gasteiger partial charge on any atom is -0.469 e. The number of rotatable bonds is 6. The largest absolute Gasteiger partial charge is 0.469 e. The summed E-state index contributed by atoms with van der Waals surface area (Å²) in [6.07, 6.45) is 6.41. The van der Waals surface area contributed by atoms with E-state index in [0.717, 1.165) is 38.5 Å². The van der Waals surface area contributed by atoms with Crippen molar-refractivity contribution < 1.29 is 14.6 Å². The Morgan fingerprint density at radius 1 is 1.47 bits per heavy atom. The summed E-state index contributed by atoms with van der Waals surface area (Å²) in [7, 11) is 1.42. The molecule has 0 saturated heterocycles. The topological polar surface area (TPSA) is 46.5 Å². The van der Waals surface area contributed by atoms with E-state index in [1.165, 1.54) is 13.5 Å². The quantitative estimate of drug-likeness (QED) is 0.751. The summed E-state index contributed by atoms with van der Waals surface area (Å²) in [6.45, 7) is 6.52. The standard InChI is InChI=1S/C16H30O3/c1-5-6-9-14(15(17)19-4)16(18)10-7-8-13(11-16)12(2)3/h12-14,18H,5-11H2,1-4H3. The molecule has 0 bridgehead atoms. The first kappa shape index (κ1) is 16.5. The van der Waals surface area contributed by atoms with Gasteiger partial charge in [-0.1, -0.05) is 40.0 Å². The van der Waals surface area contributed by atoms with Gasteiger partial charge >= 0.3 is 5.97 Å². The zero-order chi connectivity index (χ0) is 14.5. The predicted octanol–water partition coefficient (Wildman–Crippen LogP) is 3.54. The molecule has 1 N–H and O–H groups in total. The van der Waals surface area contributed by atoms with Crippen LogP contribution in [0.5, 0.6) is 0 Å². The fourth-order valence-corrected chi connectivity index (χ4v) is 3.37. The van der Waals surface area contributed by atoms with E-state index >= 15 is 0 Å². The third kappa shape index (κ3) is 4.20. The van der Waals surface area contributed by atoms with E-state index in [9.17, 15) is 9.90 Å². The van der Waals surface area contributed by atoms with Crippen LogP contribution in [-0.2, 0) is 9.53 Å². The zero-order valence-electron chi connectivity index (χ0n) is 12.9. The molecule has 3 atom stereocenters. The van der Waals surface area contributed by atoms with Crippen molar-refractivity contribution >= 4 is 5.97 Å². The highest BCUT2D eigenvalue weighted by atomic mass is 16.5. The molecular weight excluding hydrogens is 240 g/mol. The number of carbonyl (C=O) groups excluding carboxylic acids is 1. The number of hydrogen-bond donors (Lipinski definition) is 1. The minimum atomic E-state index is -0.852. The maximum atomic E-state index is 12.0. The van der Waals surface area contributed by atoms with Crippen LogP contribution in [0.1, 0.15) is 65.7 Å². The Morgan fingerprint density at radius 2 is 2.16 bits per heavy atom. The van der Waals surface area contributed by atoms with Gasteiger partial charge in [-0.25, -0.2) is 0 Å². The summed E-state index contributed by atoms with van der Waals surface area (Å²) in [6, 6.07) is 0. The monoisotopic (exact) mass is 270 g/mol. The van der Waals surface area contributed by atoms with Gasteiger partial charge in [0, 0.05) is 0 Å². The molecule has 0 radical (unpaired) electrons. The van der Waals surface area contributed by atoms with Crippen molar-refractivity contribution in [1.82, 2.24) is 0 Å². The smallest absolute Gasteiger partial charge is 0.311 e. The van der Waals surface area contributed by atoms with Crippen LogP contribution in [0.25, 0.3) is 0 Å². The van der Waals surface area contributed by atoms with Crippen LogP contribution in [0.4, 0.5) is 0 Å². The van der Waals surface area contributed by atoms with Crippen molar-refractivity contribution in [3.8, 4) is 0 Å². The van der Waals surface area contributed by atoms with Gasteiger partial charge in [-0.2, -0.15) is 0 Å². The summed E-state index contributed by atoms with van der Waals surface area (Å²) >= 11 is 0. The van der Waals surface area contributed by atoms with Gasteiger partial charge in [-0.3, -0.25) is 4.79 Å². The normalized spacial score (nSPS) is 29.3. The molecule has 3 nitrogen and oxygen atoms in total. The Balaban J connectivity index is 2.82. The van der Waals surface area contributed by atoms with Crippen LogP contribution >= 0.6 is 0 Å². The second-order valence-electron chi connectivity index (χ2n) is 6.42. The van der Waals surface area contributed by atoms with Crippen LogP contribution in [0.15, 0.2) is 0 Å². The number of hydrogen-bond acceptors (Lipinski definition) is 3. The van der Waals surface area contributed by atoms with Crippen LogP contribution in [0.3, 0.4) is 0 Å². The molecule has 1 aliphatic rings. The fraction of sp³-hybridized carbons (Fsp3) is 0.938. The summed E-state index contributed by atoms with van der Waals surface area (Å²) in [4.78, 5) is 12.0. The van der Waals surface area contributed by atoms with Crippen molar-refractivity contribution in [2.45, 2.75) is 71.3 Å². The molecule has 3 heteroatoms. The zero-order valence-corrected chi connectivity index (χ0v) is 12.9.